The molecule has 0 saturated carbocycles. The lowest BCUT2D eigenvalue weighted by atomic mass is 9.97. The van der Waals surface area contributed by atoms with Crippen molar-refractivity contribution < 1.29 is 18.7 Å². The highest BCUT2D eigenvalue weighted by molar-refractivity contribution is 5.86. The first-order valence-electron chi connectivity index (χ1n) is 7.92. The molecule has 2 amide bonds. The third-order valence-corrected chi connectivity index (χ3v) is 3.83. The van der Waals surface area contributed by atoms with Gasteiger partial charge in [-0.15, -0.1) is 0 Å². The number of hydrogen-bond acceptors (Lipinski definition) is 4. The number of amides is 2. The summed E-state index contributed by atoms with van der Waals surface area (Å²) in [5.41, 5.74) is -0.681. The van der Waals surface area contributed by atoms with Gasteiger partial charge in [-0.1, -0.05) is 20.3 Å². The topological polar surface area (TPSA) is 82.4 Å². The van der Waals surface area contributed by atoms with E-state index in [1.807, 2.05) is 19.9 Å². The molecule has 0 radical (unpaired) electrons. The minimum absolute atomic E-state index is 0.0158. The van der Waals surface area contributed by atoms with Crippen LogP contribution in [0.25, 0.3) is 0 Å². The summed E-state index contributed by atoms with van der Waals surface area (Å²) in [5.74, 6) is -0.593. The van der Waals surface area contributed by atoms with Gasteiger partial charge in [-0.3, -0.25) is 4.79 Å². The molecule has 0 bridgehead atoms. The summed E-state index contributed by atoms with van der Waals surface area (Å²) < 4.78 is 18.7. The molecule has 23 heavy (non-hydrogen) atoms. The second kappa shape index (κ2) is 7.62. The third kappa shape index (κ3) is 5.38. The number of nitrogens with one attached hydrogen (secondary N) is 1. The van der Waals surface area contributed by atoms with E-state index in [4.69, 9.17) is 10.00 Å². The molecule has 1 aliphatic heterocycles. The van der Waals surface area contributed by atoms with E-state index >= 15 is 0 Å². The summed E-state index contributed by atoms with van der Waals surface area (Å²) in [6, 6.07) is 0.325. The van der Waals surface area contributed by atoms with Gasteiger partial charge in [0.1, 0.15) is 23.9 Å². The van der Waals surface area contributed by atoms with Crippen molar-refractivity contribution in [1.82, 2.24) is 10.2 Å². The van der Waals surface area contributed by atoms with Gasteiger partial charge in [-0.25, -0.2) is 9.18 Å². The maximum absolute atomic E-state index is 13.5. The standard InChI is InChI=1S/C16H26FN3O3/c1-6-10(2)13(19-15(22)23-16(3,4)5)14(21)20-9-11(17)7-12(20)8-18/h10-13H,6-7,9H2,1-5H3,(H,19,22)/t10-,11+,12+,13+/m1/s1. The molecule has 130 valence electrons. The van der Waals surface area contributed by atoms with Crippen LogP contribution in [0.1, 0.15) is 47.5 Å². The first-order valence-corrected chi connectivity index (χ1v) is 7.92. The van der Waals surface area contributed by atoms with E-state index in [9.17, 15) is 14.0 Å². The summed E-state index contributed by atoms with van der Waals surface area (Å²) in [6.07, 6.45) is -1.23. The van der Waals surface area contributed by atoms with Crippen molar-refractivity contribution in [3.8, 4) is 6.07 Å². The van der Waals surface area contributed by atoms with E-state index < -0.39 is 35.9 Å². The second-order valence-electron chi connectivity index (χ2n) is 6.98. The molecule has 0 aliphatic carbocycles. The summed E-state index contributed by atoms with van der Waals surface area (Å²) >= 11 is 0. The Hall–Kier alpha value is -1.84. The Morgan fingerprint density at radius 2 is 2.09 bits per heavy atom. The number of halogens is 1. The Kier molecular flexibility index (Phi) is 6.37. The highest BCUT2D eigenvalue weighted by atomic mass is 19.1. The van der Waals surface area contributed by atoms with Crippen LogP contribution in [-0.2, 0) is 9.53 Å². The van der Waals surface area contributed by atoms with Crippen molar-refractivity contribution in [1.29, 1.82) is 5.26 Å². The van der Waals surface area contributed by atoms with E-state index in [0.29, 0.717) is 6.42 Å². The molecule has 0 unspecified atom stereocenters. The Morgan fingerprint density at radius 3 is 2.57 bits per heavy atom. The molecule has 0 spiro atoms. The second-order valence-corrected chi connectivity index (χ2v) is 6.98. The third-order valence-electron chi connectivity index (χ3n) is 3.83. The molecule has 0 aromatic carbocycles. The van der Waals surface area contributed by atoms with E-state index in [-0.39, 0.29) is 18.9 Å². The van der Waals surface area contributed by atoms with Crippen LogP contribution in [0, 0.1) is 17.2 Å². The Bertz CT molecular complexity index is 484. The van der Waals surface area contributed by atoms with Gasteiger partial charge in [0.05, 0.1) is 12.6 Å². The predicted octanol–water partition coefficient (Wildman–Crippen LogP) is 2.39. The molecule has 1 heterocycles. The molecule has 4 atom stereocenters. The molecule has 0 aromatic heterocycles. The minimum atomic E-state index is -1.21. The number of carbonyl (C=O) groups is 2. The fourth-order valence-electron chi connectivity index (χ4n) is 2.45. The average Bonchev–Trinajstić information content (AvgIpc) is 2.82. The van der Waals surface area contributed by atoms with Crippen LogP contribution in [-0.4, -0.2) is 47.3 Å². The highest BCUT2D eigenvalue weighted by Crippen LogP contribution is 2.23. The number of alkyl carbamates (subject to hydrolysis) is 1. The highest BCUT2D eigenvalue weighted by Gasteiger charge is 2.40. The quantitative estimate of drug-likeness (QED) is 0.859. The van der Waals surface area contributed by atoms with Crippen molar-refractivity contribution in [3.63, 3.8) is 0 Å². The smallest absolute Gasteiger partial charge is 0.408 e. The van der Waals surface area contributed by atoms with E-state index in [1.165, 1.54) is 4.90 Å². The summed E-state index contributed by atoms with van der Waals surface area (Å²) in [6.45, 7) is 8.79. The SMILES string of the molecule is CC[C@@H](C)[C@H](NC(=O)OC(C)(C)C)C(=O)N1C[C@@H](F)C[C@H]1C#N. The van der Waals surface area contributed by atoms with Crippen LogP contribution >= 0.6 is 0 Å². The number of ether oxygens (including phenoxy) is 1. The zero-order valence-electron chi connectivity index (χ0n) is 14.4. The van der Waals surface area contributed by atoms with Crippen LogP contribution in [0.4, 0.5) is 9.18 Å². The number of hydrogen-bond donors (Lipinski definition) is 1. The molecule has 1 fully saturated rings. The maximum atomic E-state index is 13.5. The van der Waals surface area contributed by atoms with Crippen molar-refractivity contribution in [2.75, 3.05) is 6.54 Å². The first kappa shape index (κ1) is 19.2. The first-order chi connectivity index (χ1) is 10.6. The van der Waals surface area contributed by atoms with Gasteiger partial charge >= 0.3 is 6.09 Å². The summed E-state index contributed by atoms with van der Waals surface area (Å²) in [5, 5.41) is 11.7. The van der Waals surface area contributed by atoms with Crippen LogP contribution in [0.15, 0.2) is 0 Å². The zero-order chi connectivity index (χ0) is 17.8. The average molecular weight is 327 g/mol. The predicted molar refractivity (Wildman–Crippen MR) is 83.2 cm³/mol. The van der Waals surface area contributed by atoms with Crippen LogP contribution in [0.3, 0.4) is 0 Å². The van der Waals surface area contributed by atoms with Gasteiger partial charge in [0.2, 0.25) is 5.91 Å². The van der Waals surface area contributed by atoms with Gasteiger partial charge in [-0.05, 0) is 26.7 Å². The number of alkyl halides is 1. The number of nitrogens with zero attached hydrogens (tertiary/aromatic N) is 2. The molecule has 1 N–H and O–H groups in total. The largest absolute Gasteiger partial charge is 0.444 e. The van der Waals surface area contributed by atoms with Gasteiger partial charge in [0.25, 0.3) is 0 Å². The van der Waals surface area contributed by atoms with Crippen LogP contribution in [0.5, 0.6) is 0 Å². The molecule has 7 heteroatoms. The zero-order valence-corrected chi connectivity index (χ0v) is 14.4. The van der Waals surface area contributed by atoms with Crippen molar-refractivity contribution in [2.24, 2.45) is 5.92 Å². The summed E-state index contributed by atoms with van der Waals surface area (Å²) in [7, 11) is 0. The number of likely N-dealkylation sites (tertiary alicyclic amines) is 1. The molecule has 6 nitrogen and oxygen atoms in total. The lowest BCUT2D eigenvalue weighted by Gasteiger charge is -2.30. The minimum Gasteiger partial charge on any atom is -0.444 e. The lowest BCUT2D eigenvalue weighted by Crippen LogP contribution is -2.53. The fourth-order valence-corrected chi connectivity index (χ4v) is 2.45. The van der Waals surface area contributed by atoms with Gasteiger partial charge in [0, 0.05) is 6.42 Å². The van der Waals surface area contributed by atoms with E-state index in [2.05, 4.69) is 5.32 Å². The number of carbonyl (C=O) groups excluding carboxylic acids is 2. The normalized spacial score (nSPS) is 23.8. The van der Waals surface area contributed by atoms with Gasteiger partial charge in [-0.2, -0.15) is 5.26 Å². The van der Waals surface area contributed by atoms with E-state index in [0.717, 1.165) is 0 Å². The Balaban J connectivity index is 2.87. The monoisotopic (exact) mass is 327 g/mol. The Morgan fingerprint density at radius 1 is 1.48 bits per heavy atom. The molecular weight excluding hydrogens is 301 g/mol. The molecule has 1 saturated heterocycles. The van der Waals surface area contributed by atoms with Crippen molar-refractivity contribution >= 4 is 12.0 Å². The molecule has 1 aliphatic rings. The fraction of sp³-hybridized carbons (Fsp3) is 0.812. The van der Waals surface area contributed by atoms with Crippen molar-refractivity contribution in [2.45, 2.75) is 71.3 Å². The Labute approximate surface area is 137 Å². The number of rotatable bonds is 4. The molecule has 0 aromatic rings. The molecular formula is C16H26FN3O3. The molecule has 1 rings (SSSR count). The number of nitriles is 1. The van der Waals surface area contributed by atoms with Crippen LogP contribution < -0.4 is 5.32 Å². The van der Waals surface area contributed by atoms with Crippen molar-refractivity contribution in [3.05, 3.63) is 0 Å². The maximum Gasteiger partial charge on any atom is 0.408 e. The van der Waals surface area contributed by atoms with Crippen LogP contribution in [0.2, 0.25) is 0 Å². The summed E-state index contributed by atoms with van der Waals surface area (Å²) in [4.78, 5) is 25.9. The lowest BCUT2D eigenvalue weighted by molar-refractivity contribution is -0.135. The van der Waals surface area contributed by atoms with Gasteiger partial charge < -0.3 is 15.0 Å². The van der Waals surface area contributed by atoms with Gasteiger partial charge in [0.15, 0.2) is 0 Å². The van der Waals surface area contributed by atoms with E-state index in [1.54, 1.807) is 20.8 Å².